The molecule has 0 fully saturated rings. The van der Waals surface area contributed by atoms with Crippen molar-refractivity contribution in [2.75, 3.05) is 0 Å². The number of benzene rings is 4. The summed E-state index contributed by atoms with van der Waals surface area (Å²) >= 11 is 0.0297. The summed E-state index contributed by atoms with van der Waals surface area (Å²) in [6.07, 6.45) is 6.32. The van der Waals surface area contributed by atoms with Crippen molar-refractivity contribution in [3.8, 4) is 0 Å². The molecule has 4 aromatic rings. The van der Waals surface area contributed by atoms with Gasteiger partial charge in [-0.05, 0) is 75.7 Å². The Morgan fingerprint density at radius 1 is 0.523 bits per heavy atom. The number of hydrogen-bond acceptors (Lipinski definition) is 6. The summed E-state index contributed by atoms with van der Waals surface area (Å²) < 4.78 is 69.2. The van der Waals surface area contributed by atoms with Crippen LogP contribution in [0.4, 0.5) is 0 Å². The van der Waals surface area contributed by atoms with Crippen LogP contribution in [0, 0.1) is 39.7 Å². The van der Waals surface area contributed by atoms with Crippen molar-refractivity contribution in [2.45, 2.75) is 37.0 Å². The second-order valence-corrected chi connectivity index (χ2v) is 19.0. The maximum Gasteiger partial charge on any atom is 0.358 e. The van der Waals surface area contributed by atoms with Crippen LogP contribution in [-0.2, 0) is 20.2 Å². The molecule has 2 aliphatic rings. The predicted octanol–water partition coefficient (Wildman–Crippen LogP) is 0.428. The minimum atomic E-state index is -4.27. The van der Waals surface area contributed by atoms with Crippen LogP contribution in [0.25, 0.3) is 0 Å². The van der Waals surface area contributed by atoms with Crippen LogP contribution in [0.3, 0.4) is 0 Å². The van der Waals surface area contributed by atoms with Crippen LogP contribution < -0.4 is 42.4 Å². The van der Waals surface area contributed by atoms with Gasteiger partial charge in [0.1, 0.15) is 20.2 Å². The van der Waals surface area contributed by atoms with Gasteiger partial charge in [-0.3, -0.25) is 0 Å². The molecule has 2 atom stereocenters. The van der Waals surface area contributed by atoms with Gasteiger partial charge in [0, 0.05) is 0 Å². The molecule has 44 heavy (non-hydrogen) atoms. The van der Waals surface area contributed by atoms with Crippen molar-refractivity contribution in [2.24, 2.45) is 11.8 Å². The molecule has 2 bridgehead atoms. The molecule has 0 heterocycles. The Hall–Kier alpha value is -2.36. The molecular formula is C34H32I2O6S2. The summed E-state index contributed by atoms with van der Waals surface area (Å²) in [6.45, 7) is 5.82. The molecule has 6 rings (SSSR count). The number of rotatable bonds is 6. The first-order valence-corrected chi connectivity index (χ1v) is 20.8. The Balaban J connectivity index is 0.000000169. The van der Waals surface area contributed by atoms with Gasteiger partial charge in [-0.25, -0.2) is 16.8 Å². The van der Waals surface area contributed by atoms with Gasteiger partial charge in [-0.15, -0.1) is 0 Å². The van der Waals surface area contributed by atoms with Crippen molar-refractivity contribution in [3.05, 3.63) is 146 Å². The van der Waals surface area contributed by atoms with E-state index >= 15 is 0 Å². The molecule has 0 spiro atoms. The van der Waals surface area contributed by atoms with Crippen molar-refractivity contribution < 1.29 is 68.4 Å². The molecule has 4 aromatic carbocycles. The van der Waals surface area contributed by atoms with Gasteiger partial charge >= 0.3 is 42.4 Å². The fraction of sp³-hybridized carbons (Fsp3) is 0.176. The molecule has 0 saturated carbocycles. The van der Waals surface area contributed by atoms with Crippen molar-refractivity contribution in [1.82, 2.24) is 0 Å². The highest BCUT2D eigenvalue weighted by Crippen LogP contribution is 2.36. The predicted molar refractivity (Wildman–Crippen MR) is 161 cm³/mol. The molecule has 0 amide bonds. The average Bonchev–Trinajstić information content (AvgIpc) is 3.58. The topological polar surface area (TPSA) is 114 Å². The van der Waals surface area contributed by atoms with Crippen molar-refractivity contribution in [3.63, 3.8) is 0 Å². The number of fused-ring (bicyclic) bond motifs is 2. The van der Waals surface area contributed by atoms with E-state index in [4.69, 9.17) is 0 Å². The fourth-order valence-corrected chi connectivity index (χ4v) is 12.6. The third kappa shape index (κ3) is 10.1. The zero-order valence-electron chi connectivity index (χ0n) is 24.4. The van der Waals surface area contributed by atoms with Crippen molar-refractivity contribution >= 4 is 20.2 Å². The third-order valence-electron chi connectivity index (χ3n) is 6.75. The zero-order valence-corrected chi connectivity index (χ0v) is 30.3. The first kappa shape index (κ1) is 34.5. The summed E-state index contributed by atoms with van der Waals surface area (Å²) in [5.41, 5.74) is 3.22. The largest absolute Gasteiger partial charge is 0.744 e. The normalized spacial score (nSPS) is 17.0. The van der Waals surface area contributed by atoms with E-state index in [1.165, 1.54) is 36.2 Å². The molecule has 0 saturated heterocycles. The molecule has 230 valence electrons. The van der Waals surface area contributed by atoms with E-state index in [-0.39, 0.29) is 52.2 Å². The maximum absolute atomic E-state index is 10.4. The quantitative estimate of drug-likeness (QED) is 0.158. The molecule has 6 nitrogen and oxygen atoms in total. The Kier molecular flexibility index (Phi) is 12.0. The molecule has 10 heteroatoms. The molecule has 2 aliphatic carbocycles. The molecule has 0 aliphatic heterocycles. The van der Waals surface area contributed by atoms with Gasteiger partial charge < -0.3 is 9.11 Å². The van der Waals surface area contributed by atoms with E-state index in [2.05, 4.69) is 73.7 Å². The summed E-state index contributed by atoms with van der Waals surface area (Å²) in [5, 5.41) is 0. The van der Waals surface area contributed by atoms with Gasteiger partial charge in [0.15, 0.2) is 7.14 Å². The first-order chi connectivity index (χ1) is 20.8. The number of halogens is 2. The molecule has 0 aromatic heterocycles. The second kappa shape index (κ2) is 15.3. The molecule has 0 N–H and O–H groups in total. The Labute approximate surface area is 281 Å². The average molecular weight is 855 g/mol. The Morgan fingerprint density at radius 2 is 0.864 bits per heavy atom. The first-order valence-electron chi connectivity index (χ1n) is 13.7. The number of hydrogen-bond donors (Lipinski definition) is 0. The van der Waals surface area contributed by atoms with E-state index in [9.17, 15) is 25.9 Å². The third-order valence-corrected chi connectivity index (χ3v) is 16.1. The number of allylic oxidation sites excluding steroid dienone is 4. The Bertz CT molecular complexity index is 1760. The lowest BCUT2D eigenvalue weighted by Gasteiger charge is -2.05. The highest BCUT2D eigenvalue weighted by molar-refractivity contribution is 7.86. The van der Waals surface area contributed by atoms with Crippen LogP contribution >= 0.6 is 0 Å². The van der Waals surface area contributed by atoms with Gasteiger partial charge in [-0.1, -0.05) is 83.4 Å². The van der Waals surface area contributed by atoms with Gasteiger partial charge in [0.05, 0.1) is 21.6 Å². The highest BCUT2D eigenvalue weighted by atomic mass is 127. The SMILES string of the molecule is Cc1ccc(S(=O)(=O)[O-])cc1.Cc1ccc(S(=O)(=O)[O-])cc1.Cc1ccc([I+]C2=C([I+]c3ccccc3)C3C=CC2C3)cc1. The van der Waals surface area contributed by atoms with E-state index in [0.717, 1.165) is 23.0 Å². The smallest absolute Gasteiger partial charge is 0.358 e. The number of aryl methyl sites for hydroxylation is 3. The van der Waals surface area contributed by atoms with Crippen LogP contribution in [0.2, 0.25) is 0 Å². The van der Waals surface area contributed by atoms with Crippen LogP contribution in [-0.4, -0.2) is 25.9 Å². The fourth-order valence-electron chi connectivity index (χ4n) is 4.38. The monoisotopic (exact) mass is 854 g/mol. The summed E-state index contributed by atoms with van der Waals surface area (Å²) in [5.74, 6) is 1.52. The van der Waals surface area contributed by atoms with Gasteiger partial charge in [0.2, 0.25) is 7.16 Å². The lowest BCUT2D eigenvalue weighted by atomic mass is 10.2. The lowest BCUT2D eigenvalue weighted by molar-refractivity contribution is -0.622. The zero-order chi connectivity index (χ0) is 31.9. The van der Waals surface area contributed by atoms with Crippen molar-refractivity contribution in [1.29, 1.82) is 0 Å². The Morgan fingerprint density at radius 3 is 1.23 bits per heavy atom. The van der Waals surface area contributed by atoms with Gasteiger partial charge in [0.25, 0.3) is 0 Å². The van der Waals surface area contributed by atoms with Crippen LogP contribution in [0.15, 0.2) is 132 Å². The molecule has 2 unspecified atom stereocenters. The standard InChI is InChI=1S/C20H18I2.2C7H8O3S/c1-14-7-11-18(12-8-14)22-20-16-10-9-15(13-16)19(20)21-17-5-3-2-4-6-17;2*1-6-2-4-7(5-3-6)11(8,9)10/h2-12,15-16H,13H2,1H3;2*2-5H,1H3,(H,8,9,10)/q+2;;/p-2. The lowest BCUT2D eigenvalue weighted by Crippen LogP contribution is -3.66. The van der Waals surface area contributed by atoms with E-state index < -0.39 is 20.2 Å². The molecule has 0 radical (unpaired) electrons. The minimum Gasteiger partial charge on any atom is -0.744 e. The van der Waals surface area contributed by atoms with Crippen LogP contribution in [0.1, 0.15) is 23.1 Å². The maximum atomic E-state index is 10.4. The van der Waals surface area contributed by atoms with Crippen LogP contribution in [0.5, 0.6) is 0 Å². The summed E-state index contributed by atoms with van der Waals surface area (Å²) in [4.78, 5) is -0.355. The van der Waals surface area contributed by atoms with E-state index in [0.29, 0.717) is 0 Å². The van der Waals surface area contributed by atoms with E-state index in [1.807, 2.05) is 21.0 Å². The highest BCUT2D eigenvalue weighted by Gasteiger charge is 2.50. The minimum absolute atomic E-state index is 0.0116. The summed E-state index contributed by atoms with van der Waals surface area (Å²) in [7, 11) is -8.54. The van der Waals surface area contributed by atoms with E-state index in [1.54, 1.807) is 31.4 Å². The summed E-state index contributed by atoms with van der Waals surface area (Å²) in [6, 6.07) is 31.9. The molecular weight excluding hydrogens is 822 g/mol. The van der Waals surface area contributed by atoms with Gasteiger partial charge in [-0.2, -0.15) is 0 Å². The second-order valence-electron chi connectivity index (χ2n) is 10.3.